The minimum absolute atomic E-state index is 0.191. The molecule has 9 heavy (non-hydrogen) atoms. The topological polar surface area (TPSA) is 67.8 Å². The van der Waals surface area contributed by atoms with E-state index in [0.717, 1.165) is 0 Å². The summed E-state index contributed by atoms with van der Waals surface area (Å²) in [6.07, 6.45) is 3.75. The highest BCUT2D eigenvalue weighted by Gasteiger charge is 2.26. The summed E-state index contributed by atoms with van der Waals surface area (Å²) in [5.41, 5.74) is 4.40. The van der Waals surface area contributed by atoms with E-state index >= 15 is 0 Å². The number of nitrogens with two attached hydrogens (primary N) is 1. The molecule has 4 nitrogen and oxygen atoms in total. The number of hydrogen-bond donors (Lipinski definition) is 1. The van der Waals surface area contributed by atoms with Gasteiger partial charge in [0.15, 0.2) is 11.8 Å². The fraction of sp³-hybridized carbons (Fsp3) is 0.400. The molecule has 48 valence electrons. The number of nitrogens with zero attached hydrogens (tertiary/aromatic N) is 2. The zero-order valence-corrected chi connectivity index (χ0v) is 4.82. The van der Waals surface area contributed by atoms with E-state index in [1.54, 1.807) is 6.08 Å². The van der Waals surface area contributed by atoms with Crippen molar-refractivity contribution in [1.82, 2.24) is 0 Å². The van der Waals surface area contributed by atoms with Gasteiger partial charge in [-0.25, -0.2) is 0 Å². The molecule has 0 saturated heterocycles. The van der Waals surface area contributed by atoms with E-state index in [1.807, 2.05) is 0 Å². The van der Waals surface area contributed by atoms with Crippen molar-refractivity contribution in [2.75, 3.05) is 6.54 Å². The highest BCUT2D eigenvalue weighted by molar-refractivity contribution is 5.69. The fourth-order valence-corrected chi connectivity index (χ4v) is 0.556. The second kappa shape index (κ2) is 2.06. The molecule has 0 radical (unpaired) electrons. The van der Waals surface area contributed by atoms with Crippen LogP contribution in [0.5, 0.6) is 0 Å². The third kappa shape index (κ3) is 0.882. The van der Waals surface area contributed by atoms with Gasteiger partial charge in [0.2, 0.25) is 0 Å². The van der Waals surface area contributed by atoms with Crippen LogP contribution in [-0.4, -0.2) is 18.4 Å². The monoisotopic (exact) mass is 125 g/mol. The first-order valence-corrected chi connectivity index (χ1v) is 2.59. The van der Waals surface area contributed by atoms with E-state index in [0.29, 0.717) is 6.29 Å². The van der Waals surface area contributed by atoms with Crippen molar-refractivity contribution >= 4 is 6.29 Å². The lowest BCUT2D eigenvalue weighted by Crippen LogP contribution is -2.33. The number of rotatable bonds is 2. The van der Waals surface area contributed by atoms with Crippen LogP contribution in [0.1, 0.15) is 0 Å². The summed E-state index contributed by atoms with van der Waals surface area (Å²) in [5.74, 6) is 0. The Bertz CT molecular complexity index is 161. The van der Waals surface area contributed by atoms with Crippen LogP contribution in [-0.2, 0) is 4.79 Å². The Morgan fingerprint density at radius 3 is 2.78 bits per heavy atom. The maximum absolute atomic E-state index is 10.3. The summed E-state index contributed by atoms with van der Waals surface area (Å²) >= 11 is 0. The molecule has 0 bridgehead atoms. The Morgan fingerprint density at radius 2 is 2.56 bits per heavy atom. The molecule has 1 unspecified atom stereocenters. The molecular weight excluding hydrogens is 118 g/mol. The summed E-state index contributed by atoms with van der Waals surface area (Å²) in [6, 6.07) is 0. The SMILES string of the molecule is NCC1(C=O)C=CN=N1. The Kier molecular flexibility index (Phi) is 1.40. The second-order valence-corrected chi connectivity index (χ2v) is 1.84. The molecule has 1 atom stereocenters. The largest absolute Gasteiger partial charge is 0.327 e. The predicted molar refractivity (Wildman–Crippen MR) is 31.8 cm³/mol. The van der Waals surface area contributed by atoms with Crippen LogP contribution in [0.2, 0.25) is 0 Å². The molecule has 1 heterocycles. The molecule has 0 aromatic heterocycles. The standard InChI is InChI=1S/C5H7N3O/c6-3-5(4-9)1-2-7-8-5/h1-2,4H,3,6H2. The van der Waals surface area contributed by atoms with Crippen molar-refractivity contribution < 1.29 is 4.79 Å². The Hall–Kier alpha value is -1.03. The molecule has 2 N–H and O–H groups in total. The van der Waals surface area contributed by atoms with Crippen LogP contribution in [0.15, 0.2) is 22.5 Å². The zero-order chi connectivity index (χ0) is 6.74. The van der Waals surface area contributed by atoms with Gasteiger partial charge in [0, 0.05) is 12.7 Å². The third-order valence-corrected chi connectivity index (χ3v) is 1.20. The van der Waals surface area contributed by atoms with Gasteiger partial charge in [-0.05, 0) is 6.08 Å². The van der Waals surface area contributed by atoms with E-state index < -0.39 is 5.54 Å². The van der Waals surface area contributed by atoms with Gasteiger partial charge in [-0.1, -0.05) is 0 Å². The molecule has 0 saturated carbocycles. The predicted octanol–water partition coefficient (Wildman–Crippen LogP) is -0.138. The lowest BCUT2D eigenvalue weighted by Gasteiger charge is -2.09. The lowest BCUT2D eigenvalue weighted by atomic mass is 10.1. The molecule has 0 fully saturated rings. The summed E-state index contributed by atoms with van der Waals surface area (Å²) < 4.78 is 0. The average molecular weight is 125 g/mol. The highest BCUT2D eigenvalue weighted by atomic mass is 16.1. The fourth-order valence-electron chi connectivity index (χ4n) is 0.556. The first kappa shape index (κ1) is 6.10. The molecule has 1 aliphatic rings. The van der Waals surface area contributed by atoms with Gasteiger partial charge in [0.1, 0.15) is 0 Å². The Labute approximate surface area is 52.5 Å². The summed E-state index contributed by atoms with van der Waals surface area (Å²) in [6.45, 7) is 0.191. The van der Waals surface area contributed by atoms with E-state index in [-0.39, 0.29) is 6.54 Å². The average Bonchev–Trinajstić information content (AvgIpc) is 2.36. The Morgan fingerprint density at radius 1 is 1.78 bits per heavy atom. The number of carbonyl (C=O) groups excluding carboxylic acids is 1. The van der Waals surface area contributed by atoms with Gasteiger partial charge in [0.05, 0.1) is 0 Å². The van der Waals surface area contributed by atoms with Crippen molar-refractivity contribution in [1.29, 1.82) is 0 Å². The van der Waals surface area contributed by atoms with E-state index in [9.17, 15) is 4.79 Å². The maximum atomic E-state index is 10.3. The number of azo groups is 1. The van der Waals surface area contributed by atoms with E-state index in [4.69, 9.17) is 5.73 Å². The molecule has 0 aromatic rings. The van der Waals surface area contributed by atoms with Crippen molar-refractivity contribution in [3.8, 4) is 0 Å². The van der Waals surface area contributed by atoms with Crippen molar-refractivity contribution in [2.24, 2.45) is 16.0 Å². The maximum Gasteiger partial charge on any atom is 0.169 e. The van der Waals surface area contributed by atoms with Gasteiger partial charge >= 0.3 is 0 Å². The van der Waals surface area contributed by atoms with Crippen molar-refractivity contribution in [3.63, 3.8) is 0 Å². The molecule has 0 aliphatic carbocycles. The van der Waals surface area contributed by atoms with Crippen LogP contribution < -0.4 is 5.73 Å². The number of aldehydes is 1. The molecule has 1 rings (SSSR count). The smallest absolute Gasteiger partial charge is 0.169 e. The van der Waals surface area contributed by atoms with Crippen LogP contribution in [0.25, 0.3) is 0 Å². The minimum atomic E-state index is -0.847. The van der Waals surface area contributed by atoms with Gasteiger partial charge in [-0.2, -0.15) is 10.2 Å². The molecule has 0 aromatic carbocycles. The number of carbonyl (C=O) groups is 1. The van der Waals surface area contributed by atoms with Crippen LogP contribution in [0.4, 0.5) is 0 Å². The second-order valence-electron chi connectivity index (χ2n) is 1.84. The summed E-state index contributed by atoms with van der Waals surface area (Å²) in [7, 11) is 0. The number of hydrogen-bond acceptors (Lipinski definition) is 4. The van der Waals surface area contributed by atoms with Crippen LogP contribution in [0.3, 0.4) is 0 Å². The van der Waals surface area contributed by atoms with Crippen molar-refractivity contribution in [3.05, 3.63) is 12.3 Å². The van der Waals surface area contributed by atoms with Crippen LogP contribution >= 0.6 is 0 Å². The van der Waals surface area contributed by atoms with E-state index in [1.165, 1.54) is 6.20 Å². The van der Waals surface area contributed by atoms with Gasteiger partial charge < -0.3 is 10.5 Å². The van der Waals surface area contributed by atoms with E-state index in [2.05, 4.69) is 10.2 Å². The molecule has 0 spiro atoms. The van der Waals surface area contributed by atoms with Gasteiger partial charge in [-0.15, -0.1) is 0 Å². The quantitative estimate of drug-likeness (QED) is 0.522. The Balaban J connectivity index is 2.81. The summed E-state index contributed by atoms with van der Waals surface area (Å²) in [5, 5.41) is 7.14. The third-order valence-electron chi connectivity index (χ3n) is 1.20. The molecule has 0 amide bonds. The minimum Gasteiger partial charge on any atom is -0.327 e. The normalized spacial score (nSPS) is 31.2. The summed E-state index contributed by atoms with van der Waals surface area (Å²) in [4.78, 5) is 10.3. The first-order chi connectivity index (χ1) is 4.33. The molecule has 4 heteroatoms. The first-order valence-electron chi connectivity index (χ1n) is 2.59. The van der Waals surface area contributed by atoms with Gasteiger partial charge in [0.25, 0.3) is 0 Å². The van der Waals surface area contributed by atoms with Crippen molar-refractivity contribution in [2.45, 2.75) is 5.54 Å². The highest BCUT2D eigenvalue weighted by Crippen LogP contribution is 2.14. The van der Waals surface area contributed by atoms with Crippen LogP contribution in [0, 0.1) is 0 Å². The molecule has 1 aliphatic heterocycles. The zero-order valence-electron chi connectivity index (χ0n) is 4.82. The lowest BCUT2D eigenvalue weighted by molar-refractivity contribution is -0.110. The molecular formula is C5H7N3O. The van der Waals surface area contributed by atoms with Gasteiger partial charge in [-0.3, -0.25) is 0 Å².